The van der Waals surface area contributed by atoms with Gasteiger partial charge in [0.1, 0.15) is 11.6 Å². The van der Waals surface area contributed by atoms with Gasteiger partial charge in [0.15, 0.2) is 0 Å². The van der Waals surface area contributed by atoms with Crippen LogP contribution in [0.3, 0.4) is 0 Å². The molecule has 0 atom stereocenters. The fourth-order valence-corrected chi connectivity index (χ4v) is 2.67. The van der Waals surface area contributed by atoms with Gasteiger partial charge < -0.3 is 5.32 Å². The SMILES string of the molecule is CCCCc1nc(NCC)cc(C2CCCC2)n1. The highest BCUT2D eigenvalue weighted by Gasteiger charge is 2.19. The van der Waals surface area contributed by atoms with E-state index in [1.165, 1.54) is 44.2 Å². The van der Waals surface area contributed by atoms with Crippen molar-refractivity contribution >= 4 is 5.82 Å². The van der Waals surface area contributed by atoms with Crippen molar-refractivity contribution in [3.05, 3.63) is 17.6 Å². The molecule has 18 heavy (non-hydrogen) atoms. The minimum atomic E-state index is 0.672. The van der Waals surface area contributed by atoms with E-state index in [1.54, 1.807) is 0 Å². The monoisotopic (exact) mass is 247 g/mol. The van der Waals surface area contributed by atoms with Crippen LogP contribution in [-0.4, -0.2) is 16.5 Å². The van der Waals surface area contributed by atoms with Gasteiger partial charge in [-0.2, -0.15) is 0 Å². The van der Waals surface area contributed by atoms with Crippen LogP contribution in [0.25, 0.3) is 0 Å². The maximum absolute atomic E-state index is 4.78. The van der Waals surface area contributed by atoms with Crippen LogP contribution >= 0.6 is 0 Å². The molecular weight excluding hydrogens is 222 g/mol. The Morgan fingerprint density at radius 3 is 2.67 bits per heavy atom. The Hall–Kier alpha value is -1.12. The molecule has 1 aliphatic rings. The second-order valence-electron chi connectivity index (χ2n) is 5.21. The van der Waals surface area contributed by atoms with Gasteiger partial charge in [-0.05, 0) is 26.2 Å². The summed E-state index contributed by atoms with van der Waals surface area (Å²) in [6.07, 6.45) is 8.71. The van der Waals surface area contributed by atoms with Crippen molar-refractivity contribution in [2.24, 2.45) is 0 Å². The van der Waals surface area contributed by atoms with E-state index in [4.69, 9.17) is 4.98 Å². The van der Waals surface area contributed by atoms with Crippen molar-refractivity contribution in [2.45, 2.75) is 64.7 Å². The zero-order valence-electron chi connectivity index (χ0n) is 11.7. The molecule has 0 amide bonds. The minimum absolute atomic E-state index is 0.672. The number of aromatic nitrogens is 2. The van der Waals surface area contributed by atoms with Gasteiger partial charge in [0.05, 0.1) is 0 Å². The molecule has 2 rings (SSSR count). The van der Waals surface area contributed by atoms with Crippen molar-refractivity contribution in [1.82, 2.24) is 9.97 Å². The topological polar surface area (TPSA) is 37.8 Å². The van der Waals surface area contributed by atoms with Gasteiger partial charge in [0.2, 0.25) is 0 Å². The van der Waals surface area contributed by atoms with E-state index in [-0.39, 0.29) is 0 Å². The summed E-state index contributed by atoms with van der Waals surface area (Å²) in [6, 6.07) is 2.16. The Bertz CT molecular complexity index is 370. The normalized spacial score (nSPS) is 16.1. The van der Waals surface area contributed by atoms with Gasteiger partial charge in [0, 0.05) is 30.6 Å². The van der Waals surface area contributed by atoms with E-state index >= 15 is 0 Å². The fraction of sp³-hybridized carbons (Fsp3) is 0.733. The molecule has 1 aliphatic carbocycles. The maximum atomic E-state index is 4.78. The summed E-state index contributed by atoms with van der Waals surface area (Å²) in [5, 5.41) is 3.34. The van der Waals surface area contributed by atoms with Gasteiger partial charge in [-0.1, -0.05) is 26.2 Å². The van der Waals surface area contributed by atoms with E-state index in [9.17, 15) is 0 Å². The molecule has 1 fully saturated rings. The van der Waals surface area contributed by atoms with E-state index in [1.807, 2.05) is 0 Å². The standard InChI is InChI=1S/C15H25N3/c1-3-5-10-14-17-13(12-8-6-7-9-12)11-15(18-14)16-4-2/h11-12H,3-10H2,1-2H3,(H,16,17,18). The van der Waals surface area contributed by atoms with Gasteiger partial charge in [0.25, 0.3) is 0 Å². The summed E-state index contributed by atoms with van der Waals surface area (Å²) < 4.78 is 0. The lowest BCUT2D eigenvalue weighted by Gasteiger charge is -2.13. The molecule has 1 aromatic rings. The molecule has 0 spiro atoms. The molecule has 1 saturated carbocycles. The molecule has 0 bridgehead atoms. The maximum Gasteiger partial charge on any atom is 0.131 e. The number of nitrogens with zero attached hydrogens (tertiary/aromatic N) is 2. The molecule has 1 N–H and O–H groups in total. The first-order chi connectivity index (χ1) is 8.83. The number of anilines is 1. The predicted molar refractivity (Wildman–Crippen MR) is 76.0 cm³/mol. The van der Waals surface area contributed by atoms with Gasteiger partial charge in [-0.3, -0.25) is 0 Å². The molecule has 0 aromatic carbocycles. The molecule has 1 aromatic heterocycles. The quantitative estimate of drug-likeness (QED) is 0.828. The van der Waals surface area contributed by atoms with Crippen LogP contribution < -0.4 is 5.32 Å². The average molecular weight is 247 g/mol. The number of nitrogens with one attached hydrogen (secondary N) is 1. The summed E-state index contributed by atoms with van der Waals surface area (Å²) in [6.45, 7) is 5.25. The molecule has 0 saturated heterocycles. The van der Waals surface area contributed by atoms with Crippen LogP contribution in [0.15, 0.2) is 6.07 Å². The van der Waals surface area contributed by atoms with Crippen LogP contribution in [0.1, 0.15) is 69.8 Å². The molecule has 1 heterocycles. The Morgan fingerprint density at radius 1 is 1.22 bits per heavy atom. The van der Waals surface area contributed by atoms with E-state index in [0.29, 0.717) is 5.92 Å². The van der Waals surface area contributed by atoms with E-state index in [0.717, 1.165) is 24.6 Å². The summed E-state index contributed by atoms with van der Waals surface area (Å²) in [4.78, 5) is 9.39. The largest absolute Gasteiger partial charge is 0.370 e. The molecule has 100 valence electrons. The van der Waals surface area contributed by atoms with Crippen molar-refractivity contribution in [3.8, 4) is 0 Å². The van der Waals surface area contributed by atoms with Crippen LogP contribution in [0.2, 0.25) is 0 Å². The van der Waals surface area contributed by atoms with E-state index in [2.05, 4.69) is 30.2 Å². The lowest BCUT2D eigenvalue weighted by atomic mass is 10.0. The number of unbranched alkanes of at least 4 members (excludes halogenated alkanes) is 1. The number of hydrogen-bond acceptors (Lipinski definition) is 3. The summed E-state index contributed by atoms with van der Waals surface area (Å²) in [7, 11) is 0. The van der Waals surface area contributed by atoms with Gasteiger partial charge >= 0.3 is 0 Å². The highest BCUT2D eigenvalue weighted by molar-refractivity contribution is 5.37. The predicted octanol–water partition coefficient (Wildman–Crippen LogP) is 3.91. The molecular formula is C15H25N3. The zero-order valence-corrected chi connectivity index (χ0v) is 11.7. The van der Waals surface area contributed by atoms with E-state index < -0.39 is 0 Å². The third-order valence-electron chi connectivity index (χ3n) is 3.68. The zero-order chi connectivity index (χ0) is 12.8. The van der Waals surface area contributed by atoms with Crippen molar-refractivity contribution < 1.29 is 0 Å². The van der Waals surface area contributed by atoms with Crippen molar-refractivity contribution in [2.75, 3.05) is 11.9 Å². The first-order valence-corrected chi connectivity index (χ1v) is 7.45. The van der Waals surface area contributed by atoms with Crippen LogP contribution in [0.5, 0.6) is 0 Å². The lowest BCUT2D eigenvalue weighted by Crippen LogP contribution is -2.08. The molecule has 0 unspecified atom stereocenters. The minimum Gasteiger partial charge on any atom is -0.370 e. The summed E-state index contributed by atoms with van der Waals surface area (Å²) in [5.74, 6) is 2.71. The third-order valence-corrected chi connectivity index (χ3v) is 3.68. The first-order valence-electron chi connectivity index (χ1n) is 7.45. The number of hydrogen-bond donors (Lipinski definition) is 1. The third kappa shape index (κ3) is 3.44. The molecule has 0 aliphatic heterocycles. The Morgan fingerprint density at radius 2 is 2.00 bits per heavy atom. The number of aryl methyl sites for hydroxylation is 1. The van der Waals surface area contributed by atoms with Crippen LogP contribution in [0, 0.1) is 0 Å². The Balaban J connectivity index is 2.17. The van der Waals surface area contributed by atoms with Crippen LogP contribution in [-0.2, 0) is 6.42 Å². The summed E-state index contributed by atoms with van der Waals surface area (Å²) >= 11 is 0. The van der Waals surface area contributed by atoms with Gasteiger partial charge in [-0.25, -0.2) is 9.97 Å². The number of rotatable bonds is 6. The molecule has 3 nitrogen and oxygen atoms in total. The van der Waals surface area contributed by atoms with Crippen LogP contribution in [0.4, 0.5) is 5.82 Å². The first kappa shape index (κ1) is 13.3. The molecule has 3 heteroatoms. The highest BCUT2D eigenvalue weighted by Crippen LogP contribution is 2.33. The van der Waals surface area contributed by atoms with Crippen molar-refractivity contribution in [3.63, 3.8) is 0 Å². The highest BCUT2D eigenvalue weighted by atomic mass is 15.0. The fourth-order valence-electron chi connectivity index (χ4n) is 2.67. The second kappa shape index (κ2) is 6.72. The summed E-state index contributed by atoms with van der Waals surface area (Å²) in [5.41, 5.74) is 1.27. The average Bonchev–Trinajstić information content (AvgIpc) is 2.90. The Labute approximate surface area is 110 Å². The molecule has 0 radical (unpaired) electrons. The second-order valence-corrected chi connectivity index (χ2v) is 5.21. The van der Waals surface area contributed by atoms with Crippen molar-refractivity contribution in [1.29, 1.82) is 0 Å². The smallest absolute Gasteiger partial charge is 0.131 e. The van der Waals surface area contributed by atoms with Gasteiger partial charge in [-0.15, -0.1) is 0 Å². The lowest BCUT2D eigenvalue weighted by molar-refractivity contribution is 0.673. The Kier molecular flexibility index (Phi) is 4.97.